The summed E-state index contributed by atoms with van der Waals surface area (Å²) in [6, 6.07) is 7.46. The summed E-state index contributed by atoms with van der Waals surface area (Å²) in [5, 5.41) is 11.7. The van der Waals surface area contributed by atoms with E-state index in [1.807, 2.05) is 36.4 Å². The molecule has 11 heteroatoms. The van der Waals surface area contributed by atoms with E-state index in [1.54, 1.807) is 0 Å². The van der Waals surface area contributed by atoms with Gasteiger partial charge in [0.25, 0.3) is 0 Å². The number of hydrogen-bond acceptors (Lipinski definition) is 8. The number of aliphatic hydroxyl groups is 1. The molecule has 4 atom stereocenters. The summed E-state index contributed by atoms with van der Waals surface area (Å²) in [7, 11) is -7.49. The lowest BCUT2D eigenvalue weighted by atomic mass is 9.74. The van der Waals surface area contributed by atoms with Gasteiger partial charge in [0.05, 0.1) is 34.3 Å². The predicted molar refractivity (Wildman–Crippen MR) is 184 cm³/mol. The summed E-state index contributed by atoms with van der Waals surface area (Å²) in [5.41, 5.74) is 0.114. The zero-order valence-corrected chi connectivity index (χ0v) is 31.8. The molecule has 0 amide bonds. The van der Waals surface area contributed by atoms with Gasteiger partial charge in [0, 0.05) is 25.0 Å². The zero-order valence-electron chi connectivity index (χ0n) is 28.2. The fraction of sp³-hybridized carbons (Fsp3) is 0.719. The van der Waals surface area contributed by atoms with E-state index < -0.39 is 38.0 Å². The zero-order chi connectivity index (χ0) is 32.5. The lowest BCUT2D eigenvalue weighted by molar-refractivity contribution is -0.183. The molecular formula is C32H55NO6S2Si2. The number of sulfone groups is 1. The minimum atomic E-state index is -3.50. The van der Waals surface area contributed by atoms with Crippen molar-refractivity contribution >= 4 is 48.0 Å². The third-order valence-electron chi connectivity index (χ3n) is 9.94. The molecule has 1 fully saturated rings. The molecule has 3 rings (SSSR count). The molecule has 0 saturated carbocycles. The molecule has 2 heterocycles. The van der Waals surface area contributed by atoms with Crippen LogP contribution in [0.5, 0.6) is 0 Å². The van der Waals surface area contributed by atoms with E-state index in [9.17, 15) is 13.5 Å². The highest BCUT2D eigenvalue weighted by atomic mass is 32.2. The van der Waals surface area contributed by atoms with Gasteiger partial charge in [0.1, 0.15) is 0 Å². The standard InChI is InChI=1S/C32H55NO6S2Si2/c1-30(2,3)42(8,9)37-20-19-28-32(7,23-38-43(10,11)31(4,5)6)27(34)22-24(39-28)16-14-15-21-41(35,36)29-33-25-17-12-13-18-26(25)40-29/h12-14,16-18,24,27-28,34H,15,19-23H2,1-11H3/b16-14+/t24-,27-,28+,32-/m0/s1. The van der Waals surface area contributed by atoms with Crippen molar-refractivity contribution in [2.75, 3.05) is 19.0 Å². The summed E-state index contributed by atoms with van der Waals surface area (Å²) < 4.78 is 46.7. The number of hydrogen-bond donors (Lipinski definition) is 1. The first-order chi connectivity index (χ1) is 19.6. The van der Waals surface area contributed by atoms with Crippen molar-refractivity contribution in [2.45, 2.75) is 127 Å². The number of aromatic nitrogens is 1. The number of thiazole rings is 1. The second kappa shape index (κ2) is 13.4. The van der Waals surface area contributed by atoms with E-state index in [0.717, 1.165) is 4.70 Å². The minimum absolute atomic E-state index is 0.0273. The number of nitrogens with zero attached hydrogens (tertiary/aromatic N) is 1. The van der Waals surface area contributed by atoms with Gasteiger partial charge >= 0.3 is 0 Å². The predicted octanol–water partition coefficient (Wildman–Crippen LogP) is 7.97. The Kier molecular flexibility index (Phi) is 11.4. The van der Waals surface area contributed by atoms with Gasteiger partial charge in [-0.3, -0.25) is 0 Å². The third kappa shape index (κ3) is 8.87. The van der Waals surface area contributed by atoms with Crippen LogP contribution in [-0.4, -0.2) is 72.4 Å². The van der Waals surface area contributed by atoms with Gasteiger partial charge in [-0.2, -0.15) is 0 Å². The summed E-state index contributed by atoms with van der Waals surface area (Å²) in [6.45, 7) is 25.4. The maximum absolute atomic E-state index is 13.0. The molecular weight excluding hydrogens is 615 g/mol. The van der Waals surface area contributed by atoms with E-state index >= 15 is 0 Å². The number of ether oxygens (including phenoxy) is 1. The fourth-order valence-corrected chi connectivity index (χ4v) is 9.32. The molecule has 43 heavy (non-hydrogen) atoms. The molecule has 0 radical (unpaired) electrons. The lowest BCUT2D eigenvalue weighted by Gasteiger charge is -2.49. The molecule has 1 saturated heterocycles. The van der Waals surface area contributed by atoms with Gasteiger partial charge in [-0.25, -0.2) is 13.4 Å². The largest absolute Gasteiger partial charge is 0.417 e. The van der Waals surface area contributed by atoms with Crippen LogP contribution in [0.3, 0.4) is 0 Å². The topological polar surface area (TPSA) is 95.0 Å². The second-order valence-electron chi connectivity index (χ2n) is 15.4. The molecule has 7 nitrogen and oxygen atoms in total. The monoisotopic (exact) mass is 669 g/mol. The van der Waals surface area contributed by atoms with Crippen LogP contribution in [0.15, 0.2) is 40.8 Å². The van der Waals surface area contributed by atoms with Crippen LogP contribution in [0, 0.1) is 5.41 Å². The number of fused-ring (bicyclic) bond motifs is 1. The lowest BCUT2D eigenvalue weighted by Crippen LogP contribution is -2.56. The molecule has 2 aromatic rings. The third-order valence-corrected chi connectivity index (χ3v) is 22.2. The van der Waals surface area contributed by atoms with Gasteiger partial charge in [-0.05, 0) is 61.2 Å². The highest BCUT2D eigenvalue weighted by Crippen LogP contribution is 2.43. The van der Waals surface area contributed by atoms with E-state index in [0.29, 0.717) is 38.0 Å². The Morgan fingerprint density at radius 1 is 1.07 bits per heavy atom. The number of para-hydroxylation sites is 1. The van der Waals surface area contributed by atoms with Crippen LogP contribution in [0.25, 0.3) is 10.2 Å². The maximum Gasteiger partial charge on any atom is 0.210 e. The summed E-state index contributed by atoms with van der Waals surface area (Å²) in [4.78, 5) is 4.33. The van der Waals surface area contributed by atoms with Gasteiger partial charge in [-0.15, -0.1) is 11.3 Å². The molecule has 0 bridgehead atoms. The average Bonchev–Trinajstić information content (AvgIpc) is 3.32. The first-order valence-corrected chi connectivity index (χ1v) is 23.7. The van der Waals surface area contributed by atoms with Crippen LogP contribution >= 0.6 is 11.3 Å². The van der Waals surface area contributed by atoms with Crippen LogP contribution < -0.4 is 0 Å². The second-order valence-corrected chi connectivity index (χ2v) is 28.3. The van der Waals surface area contributed by atoms with Gasteiger partial charge in [0.15, 0.2) is 16.6 Å². The van der Waals surface area contributed by atoms with Gasteiger partial charge < -0.3 is 18.7 Å². The SMILES string of the molecule is CC(C)(C)[Si](C)(C)OCC[C@H]1O[C@@H](/C=C/CCS(=O)(=O)c2nc3ccccc3s2)C[C@H](O)[C@]1(C)CO[Si](C)(C)C(C)(C)C. The van der Waals surface area contributed by atoms with Crippen LogP contribution in [0.4, 0.5) is 0 Å². The fourth-order valence-electron chi connectivity index (χ4n) is 4.57. The molecule has 1 N–H and O–H groups in total. The molecule has 1 aliphatic heterocycles. The average molecular weight is 670 g/mol. The highest BCUT2D eigenvalue weighted by Gasteiger charge is 2.49. The Labute approximate surface area is 266 Å². The van der Waals surface area contributed by atoms with Crippen molar-refractivity contribution in [2.24, 2.45) is 5.41 Å². The maximum atomic E-state index is 13.0. The summed E-state index contributed by atoms with van der Waals surface area (Å²) >= 11 is 1.21. The first kappa shape index (κ1) is 36.5. The van der Waals surface area contributed by atoms with Crippen LogP contribution in [-0.2, 0) is 23.4 Å². The van der Waals surface area contributed by atoms with Crippen molar-refractivity contribution in [1.82, 2.24) is 4.98 Å². The minimum Gasteiger partial charge on any atom is -0.417 e. The molecule has 244 valence electrons. The van der Waals surface area contributed by atoms with Gasteiger partial charge in [-0.1, -0.05) is 72.8 Å². The van der Waals surface area contributed by atoms with Crippen molar-refractivity contribution in [3.05, 3.63) is 36.4 Å². The normalized spacial score (nSPS) is 24.7. The Balaban J connectivity index is 1.71. The molecule has 1 aromatic heterocycles. The summed E-state index contributed by atoms with van der Waals surface area (Å²) in [6.07, 6.45) is 3.97. The molecule has 1 aromatic carbocycles. The van der Waals surface area contributed by atoms with E-state index in [1.165, 1.54) is 11.3 Å². The number of benzene rings is 1. The van der Waals surface area contributed by atoms with Crippen LogP contribution in [0.2, 0.25) is 36.3 Å². The quantitative estimate of drug-likeness (QED) is 0.181. The van der Waals surface area contributed by atoms with Crippen molar-refractivity contribution < 1.29 is 27.1 Å². The van der Waals surface area contributed by atoms with Crippen LogP contribution in [0.1, 0.15) is 67.7 Å². The first-order valence-electron chi connectivity index (χ1n) is 15.5. The van der Waals surface area contributed by atoms with E-state index in [-0.39, 0.29) is 32.4 Å². The number of allylic oxidation sites excluding steroid dienone is 1. The molecule has 1 aliphatic rings. The van der Waals surface area contributed by atoms with E-state index in [2.05, 4.69) is 79.6 Å². The molecule has 0 unspecified atom stereocenters. The Bertz CT molecular complexity index is 1330. The highest BCUT2D eigenvalue weighted by molar-refractivity contribution is 7.93. The number of rotatable bonds is 12. The Hall–Kier alpha value is -0.926. The Morgan fingerprint density at radius 2 is 1.67 bits per heavy atom. The van der Waals surface area contributed by atoms with Crippen molar-refractivity contribution in [3.63, 3.8) is 0 Å². The molecule has 0 spiro atoms. The smallest absolute Gasteiger partial charge is 0.210 e. The van der Waals surface area contributed by atoms with Gasteiger partial charge in [0.2, 0.25) is 14.2 Å². The van der Waals surface area contributed by atoms with E-state index in [4.69, 9.17) is 13.6 Å². The Morgan fingerprint density at radius 3 is 2.28 bits per heavy atom. The van der Waals surface area contributed by atoms with Crippen molar-refractivity contribution in [1.29, 1.82) is 0 Å². The summed E-state index contributed by atoms with van der Waals surface area (Å²) in [5.74, 6) is -0.0273. The number of aliphatic hydroxyl groups excluding tert-OH is 1. The molecule has 0 aliphatic carbocycles. The van der Waals surface area contributed by atoms with Crippen molar-refractivity contribution in [3.8, 4) is 0 Å².